The van der Waals surface area contributed by atoms with E-state index in [1.165, 1.54) is 12.1 Å². The SMILES string of the molecule is CCOC(CCNC(=O)c1cccc(C(=O)O)c1)C(C)C. The minimum absolute atomic E-state index is 0.108. The van der Waals surface area contributed by atoms with Crippen LogP contribution < -0.4 is 5.32 Å². The van der Waals surface area contributed by atoms with Crippen molar-refractivity contribution in [1.29, 1.82) is 0 Å². The summed E-state index contributed by atoms with van der Waals surface area (Å²) in [5, 5.41) is 11.7. The molecule has 0 saturated carbocycles. The molecule has 0 aliphatic heterocycles. The van der Waals surface area contributed by atoms with Crippen LogP contribution in [0.15, 0.2) is 24.3 Å². The lowest BCUT2D eigenvalue weighted by atomic mass is 10.0. The molecule has 21 heavy (non-hydrogen) atoms. The van der Waals surface area contributed by atoms with Gasteiger partial charge in [-0.2, -0.15) is 0 Å². The van der Waals surface area contributed by atoms with Gasteiger partial charge in [-0.15, -0.1) is 0 Å². The van der Waals surface area contributed by atoms with Crippen LogP contribution >= 0.6 is 0 Å². The van der Waals surface area contributed by atoms with Crippen LogP contribution in [0.1, 0.15) is 47.9 Å². The van der Waals surface area contributed by atoms with Crippen LogP contribution in [0.2, 0.25) is 0 Å². The molecule has 0 radical (unpaired) electrons. The van der Waals surface area contributed by atoms with Gasteiger partial charge in [-0.05, 0) is 37.5 Å². The van der Waals surface area contributed by atoms with Gasteiger partial charge < -0.3 is 15.2 Å². The predicted octanol–water partition coefficient (Wildman–Crippen LogP) is 2.57. The summed E-state index contributed by atoms with van der Waals surface area (Å²) in [6, 6.07) is 6.00. The first kappa shape index (κ1) is 17.2. The maximum Gasteiger partial charge on any atom is 0.335 e. The van der Waals surface area contributed by atoms with E-state index in [1.54, 1.807) is 12.1 Å². The predicted molar refractivity (Wildman–Crippen MR) is 80.6 cm³/mol. The molecule has 5 nitrogen and oxygen atoms in total. The van der Waals surface area contributed by atoms with Crippen molar-refractivity contribution in [3.63, 3.8) is 0 Å². The Labute approximate surface area is 125 Å². The summed E-state index contributed by atoms with van der Waals surface area (Å²) in [5.41, 5.74) is 0.462. The normalized spacial score (nSPS) is 12.2. The second-order valence-corrected chi connectivity index (χ2v) is 5.17. The third kappa shape index (κ3) is 5.55. The molecule has 116 valence electrons. The van der Waals surface area contributed by atoms with Crippen molar-refractivity contribution in [2.75, 3.05) is 13.2 Å². The second kappa shape index (κ2) is 8.42. The van der Waals surface area contributed by atoms with E-state index in [4.69, 9.17) is 9.84 Å². The first-order chi connectivity index (χ1) is 9.95. The Bertz CT molecular complexity index is 485. The lowest BCUT2D eigenvalue weighted by Crippen LogP contribution is -2.30. The number of carbonyl (C=O) groups is 2. The first-order valence-electron chi connectivity index (χ1n) is 7.18. The van der Waals surface area contributed by atoms with Gasteiger partial charge in [0, 0.05) is 18.7 Å². The Balaban J connectivity index is 2.54. The van der Waals surface area contributed by atoms with Crippen LogP contribution in [-0.4, -0.2) is 36.2 Å². The van der Waals surface area contributed by atoms with E-state index in [1.807, 2.05) is 6.92 Å². The molecule has 0 aromatic heterocycles. The lowest BCUT2D eigenvalue weighted by molar-refractivity contribution is 0.0251. The summed E-state index contributed by atoms with van der Waals surface area (Å²) >= 11 is 0. The number of hydrogen-bond donors (Lipinski definition) is 2. The van der Waals surface area contributed by atoms with Crippen molar-refractivity contribution in [2.24, 2.45) is 5.92 Å². The van der Waals surface area contributed by atoms with Gasteiger partial charge in [-0.25, -0.2) is 4.79 Å². The number of benzene rings is 1. The summed E-state index contributed by atoms with van der Waals surface area (Å²) in [4.78, 5) is 22.9. The van der Waals surface area contributed by atoms with Crippen molar-refractivity contribution in [3.8, 4) is 0 Å². The van der Waals surface area contributed by atoms with E-state index in [-0.39, 0.29) is 17.6 Å². The van der Waals surface area contributed by atoms with Crippen LogP contribution in [0, 0.1) is 5.92 Å². The number of carbonyl (C=O) groups excluding carboxylic acids is 1. The molecule has 1 amide bonds. The number of hydrogen-bond acceptors (Lipinski definition) is 3. The Morgan fingerprint density at radius 1 is 1.29 bits per heavy atom. The highest BCUT2D eigenvalue weighted by Crippen LogP contribution is 2.10. The molecule has 1 aromatic rings. The molecule has 2 N–H and O–H groups in total. The molecule has 0 aliphatic carbocycles. The summed E-state index contributed by atoms with van der Waals surface area (Å²) in [6.45, 7) is 7.26. The summed E-state index contributed by atoms with van der Waals surface area (Å²) in [6.07, 6.45) is 0.844. The van der Waals surface area contributed by atoms with Crippen LogP contribution in [0.25, 0.3) is 0 Å². The van der Waals surface area contributed by atoms with Crippen LogP contribution in [0.5, 0.6) is 0 Å². The van der Waals surface area contributed by atoms with Gasteiger partial charge in [0.1, 0.15) is 0 Å². The van der Waals surface area contributed by atoms with Crippen LogP contribution in [-0.2, 0) is 4.74 Å². The number of aromatic carboxylic acids is 1. The van der Waals surface area contributed by atoms with E-state index >= 15 is 0 Å². The highest BCUT2D eigenvalue weighted by atomic mass is 16.5. The van der Waals surface area contributed by atoms with Gasteiger partial charge in [0.2, 0.25) is 0 Å². The van der Waals surface area contributed by atoms with Crippen molar-refractivity contribution in [2.45, 2.75) is 33.3 Å². The molecule has 1 unspecified atom stereocenters. The summed E-state index contributed by atoms with van der Waals surface area (Å²) < 4.78 is 5.61. The fourth-order valence-electron chi connectivity index (χ4n) is 2.05. The van der Waals surface area contributed by atoms with Crippen molar-refractivity contribution in [1.82, 2.24) is 5.32 Å². The van der Waals surface area contributed by atoms with Gasteiger partial charge in [-0.3, -0.25) is 4.79 Å². The highest BCUT2D eigenvalue weighted by Gasteiger charge is 2.14. The molecule has 0 spiro atoms. The fourth-order valence-corrected chi connectivity index (χ4v) is 2.05. The average molecular weight is 293 g/mol. The molecule has 0 bridgehead atoms. The maximum absolute atomic E-state index is 12.0. The smallest absolute Gasteiger partial charge is 0.335 e. The van der Waals surface area contributed by atoms with Crippen molar-refractivity contribution >= 4 is 11.9 Å². The van der Waals surface area contributed by atoms with E-state index in [9.17, 15) is 9.59 Å². The molecule has 1 aromatic carbocycles. The molecule has 0 heterocycles. The molecule has 0 aliphatic rings. The van der Waals surface area contributed by atoms with Gasteiger partial charge in [-0.1, -0.05) is 19.9 Å². The van der Waals surface area contributed by atoms with E-state index in [0.717, 1.165) is 6.42 Å². The molecule has 1 atom stereocenters. The Morgan fingerprint density at radius 2 is 1.95 bits per heavy atom. The number of ether oxygens (including phenoxy) is 1. The first-order valence-corrected chi connectivity index (χ1v) is 7.18. The van der Waals surface area contributed by atoms with Crippen molar-refractivity contribution < 1.29 is 19.4 Å². The standard InChI is InChI=1S/C16H23NO4/c1-4-21-14(11(2)3)8-9-17-15(18)12-6-5-7-13(10-12)16(19)20/h5-7,10-11,14H,4,8-9H2,1-3H3,(H,17,18)(H,19,20). The lowest BCUT2D eigenvalue weighted by Gasteiger charge is -2.20. The third-order valence-electron chi connectivity index (χ3n) is 3.21. The van der Waals surface area contributed by atoms with Gasteiger partial charge >= 0.3 is 5.97 Å². The molecular weight excluding hydrogens is 270 g/mol. The number of nitrogens with one attached hydrogen (secondary N) is 1. The number of rotatable bonds is 8. The topological polar surface area (TPSA) is 75.6 Å². The number of carboxylic acids is 1. The highest BCUT2D eigenvalue weighted by molar-refractivity contribution is 5.97. The second-order valence-electron chi connectivity index (χ2n) is 5.17. The quantitative estimate of drug-likeness (QED) is 0.772. The maximum atomic E-state index is 12.0. The minimum Gasteiger partial charge on any atom is -0.478 e. The van der Waals surface area contributed by atoms with Crippen LogP contribution in [0.4, 0.5) is 0 Å². The van der Waals surface area contributed by atoms with Gasteiger partial charge in [0.05, 0.1) is 11.7 Å². The molecular formula is C16H23NO4. The molecule has 1 rings (SSSR count). The van der Waals surface area contributed by atoms with Crippen LogP contribution in [0.3, 0.4) is 0 Å². The Morgan fingerprint density at radius 3 is 2.52 bits per heavy atom. The Kier molecular flexibility index (Phi) is 6.88. The number of amides is 1. The zero-order valence-electron chi connectivity index (χ0n) is 12.8. The fraction of sp³-hybridized carbons (Fsp3) is 0.500. The molecule has 0 saturated heterocycles. The van der Waals surface area contributed by atoms with E-state index in [0.29, 0.717) is 24.6 Å². The number of carboxylic acid groups (broad SMARTS) is 1. The van der Waals surface area contributed by atoms with E-state index in [2.05, 4.69) is 19.2 Å². The zero-order chi connectivity index (χ0) is 15.8. The van der Waals surface area contributed by atoms with Crippen molar-refractivity contribution in [3.05, 3.63) is 35.4 Å². The molecule has 0 fully saturated rings. The zero-order valence-corrected chi connectivity index (χ0v) is 12.8. The monoisotopic (exact) mass is 293 g/mol. The van der Waals surface area contributed by atoms with E-state index < -0.39 is 5.97 Å². The minimum atomic E-state index is -1.04. The summed E-state index contributed by atoms with van der Waals surface area (Å²) in [5.74, 6) is -0.921. The van der Waals surface area contributed by atoms with Gasteiger partial charge in [0.25, 0.3) is 5.91 Å². The van der Waals surface area contributed by atoms with Gasteiger partial charge in [0.15, 0.2) is 0 Å². The average Bonchev–Trinajstić information content (AvgIpc) is 2.46. The summed E-state index contributed by atoms with van der Waals surface area (Å²) in [7, 11) is 0. The molecule has 5 heteroatoms. The largest absolute Gasteiger partial charge is 0.478 e. The Hall–Kier alpha value is -1.88. The third-order valence-corrected chi connectivity index (χ3v) is 3.21.